The minimum Gasteiger partial charge on any atom is -0.476 e. The standard InChI is InChI=1S/C24H25N5O3/c1-16(30)29-15-21(32-20-11-5-4-10-19(20)29)24(31)25-18-9-7-8-17(14-18)23-27-26-22-12-3-2-6-13-28(22)23/h4-5,7-11,14,21H,2-3,6,12-13,15H2,1H3,(H,25,31)/t21-/m0/s1. The summed E-state index contributed by atoms with van der Waals surface area (Å²) in [5, 5.41) is 11.7. The fourth-order valence-corrected chi connectivity index (χ4v) is 4.33. The second-order valence-corrected chi connectivity index (χ2v) is 8.18. The van der Waals surface area contributed by atoms with Gasteiger partial charge in [-0.05, 0) is 37.1 Å². The molecule has 1 atom stereocenters. The maximum atomic E-state index is 13.0. The Morgan fingerprint density at radius 2 is 1.94 bits per heavy atom. The van der Waals surface area contributed by atoms with Crippen LogP contribution in [0.25, 0.3) is 11.4 Å². The second-order valence-electron chi connectivity index (χ2n) is 8.18. The van der Waals surface area contributed by atoms with Gasteiger partial charge in [-0.25, -0.2) is 0 Å². The summed E-state index contributed by atoms with van der Waals surface area (Å²) < 4.78 is 8.09. The van der Waals surface area contributed by atoms with Gasteiger partial charge in [0.2, 0.25) is 5.91 Å². The molecule has 1 aromatic heterocycles. The van der Waals surface area contributed by atoms with Crippen molar-refractivity contribution >= 4 is 23.2 Å². The smallest absolute Gasteiger partial charge is 0.267 e. The van der Waals surface area contributed by atoms with Gasteiger partial charge >= 0.3 is 0 Å². The number of aromatic nitrogens is 3. The lowest BCUT2D eigenvalue weighted by molar-refractivity contribution is -0.123. The van der Waals surface area contributed by atoms with Crippen molar-refractivity contribution in [2.75, 3.05) is 16.8 Å². The Labute approximate surface area is 186 Å². The Kier molecular flexibility index (Phi) is 5.34. The fraction of sp³-hybridized carbons (Fsp3) is 0.333. The minimum absolute atomic E-state index is 0.131. The number of hydrogen-bond acceptors (Lipinski definition) is 5. The molecule has 5 rings (SSSR count). The number of para-hydroxylation sites is 2. The summed E-state index contributed by atoms with van der Waals surface area (Å²) in [6.07, 6.45) is 3.58. The number of amides is 2. The Bertz CT molecular complexity index is 1170. The molecule has 0 saturated heterocycles. The maximum absolute atomic E-state index is 13.0. The van der Waals surface area contributed by atoms with Crippen LogP contribution in [0.15, 0.2) is 48.5 Å². The van der Waals surface area contributed by atoms with Crippen molar-refractivity contribution in [3.8, 4) is 17.1 Å². The van der Waals surface area contributed by atoms with Crippen LogP contribution in [-0.4, -0.2) is 39.2 Å². The zero-order chi connectivity index (χ0) is 22.1. The first-order valence-electron chi connectivity index (χ1n) is 11.0. The number of rotatable bonds is 3. The second kappa shape index (κ2) is 8.45. The van der Waals surface area contributed by atoms with Crippen molar-refractivity contribution in [2.24, 2.45) is 0 Å². The van der Waals surface area contributed by atoms with Crippen molar-refractivity contribution < 1.29 is 14.3 Å². The molecule has 0 saturated carbocycles. The number of carbonyl (C=O) groups excluding carboxylic acids is 2. The molecule has 0 aliphatic carbocycles. The predicted octanol–water partition coefficient (Wildman–Crippen LogP) is 3.42. The third-order valence-electron chi connectivity index (χ3n) is 5.94. The molecule has 0 fully saturated rings. The highest BCUT2D eigenvalue weighted by atomic mass is 16.5. The average Bonchev–Trinajstić information content (AvgIpc) is 3.06. The molecule has 8 nitrogen and oxygen atoms in total. The highest BCUT2D eigenvalue weighted by Crippen LogP contribution is 2.33. The van der Waals surface area contributed by atoms with Crippen molar-refractivity contribution in [1.82, 2.24) is 14.8 Å². The van der Waals surface area contributed by atoms with Crippen LogP contribution < -0.4 is 15.0 Å². The summed E-state index contributed by atoms with van der Waals surface area (Å²) in [6.45, 7) is 2.56. The Hall–Kier alpha value is -3.68. The molecule has 0 radical (unpaired) electrons. The third-order valence-corrected chi connectivity index (χ3v) is 5.94. The lowest BCUT2D eigenvalue weighted by Gasteiger charge is -2.33. The summed E-state index contributed by atoms with van der Waals surface area (Å²) in [5.74, 6) is 1.93. The van der Waals surface area contributed by atoms with E-state index in [9.17, 15) is 9.59 Å². The number of aryl methyl sites for hydroxylation is 1. The number of hydrogen-bond donors (Lipinski definition) is 1. The largest absolute Gasteiger partial charge is 0.476 e. The van der Waals surface area contributed by atoms with E-state index in [0.29, 0.717) is 17.1 Å². The zero-order valence-electron chi connectivity index (χ0n) is 18.0. The van der Waals surface area contributed by atoms with Crippen LogP contribution >= 0.6 is 0 Å². The van der Waals surface area contributed by atoms with Crippen LogP contribution in [0, 0.1) is 0 Å². The molecule has 1 N–H and O–H groups in total. The Balaban J connectivity index is 1.36. The summed E-state index contributed by atoms with van der Waals surface area (Å²) in [5.41, 5.74) is 2.23. The molecule has 32 heavy (non-hydrogen) atoms. The van der Waals surface area contributed by atoms with Gasteiger partial charge in [-0.3, -0.25) is 9.59 Å². The summed E-state index contributed by atoms with van der Waals surface area (Å²) in [7, 11) is 0. The predicted molar refractivity (Wildman–Crippen MR) is 121 cm³/mol. The average molecular weight is 431 g/mol. The van der Waals surface area contributed by atoms with E-state index in [1.807, 2.05) is 42.5 Å². The van der Waals surface area contributed by atoms with Gasteiger partial charge < -0.3 is 19.5 Å². The van der Waals surface area contributed by atoms with Gasteiger partial charge in [0.25, 0.3) is 5.91 Å². The van der Waals surface area contributed by atoms with Crippen molar-refractivity contribution in [3.63, 3.8) is 0 Å². The molecule has 3 heterocycles. The maximum Gasteiger partial charge on any atom is 0.267 e. The van der Waals surface area contributed by atoms with Gasteiger partial charge in [0.05, 0.1) is 12.2 Å². The Morgan fingerprint density at radius 3 is 2.81 bits per heavy atom. The molecule has 2 aliphatic heterocycles. The minimum atomic E-state index is -0.804. The monoisotopic (exact) mass is 431 g/mol. The van der Waals surface area contributed by atoms with Crippen LogP contribution in [0.3, 0.4) is 0 Å². The molecule has 2 aromatic carbocycles. The van der Waals surface area contributed by atoms with Gasteiger partial charge in [-0.15, -0.1) is 10.2 Å². The molecular formula is C24H25N5O3. The quantitative estimate of drug-likeness (QED) is 0.686. The number of benzene rings is 2. The third kappa shape index (κ3) is 3.84. The van der Waals surface area contributed by atoms with E-state index in [-0.39, 0.29) is 18.4 Å². The van der Waals surface area contributed by atoms with Crippen molar-refractivity contribution in [3.05, 3.63) is 54.4 Å². The van der Waals surface area contributed by atoms with Gasteiger partial charge in [0.1, 0.15) is 11.6 Å². The van der Waals surface area contributed by atoms with Crippen LogP contribution in [0.1, 0.15) is 32.0 Å². The van der Waals surface area contributed by atoms with Crippen molar-refractivity contribution in [1.29, 1.82) is 0 Å². The normalized spacial score (nSPS) is 17.5. The van der Waals surface area contributed by atoms with Gasteiger partial charge in [-0.1, -0.05) is 30.7 Å². The highest BCUT2D eigenvalue weighted by molar-refractivity contribution is 5.99. The van der Waals surface area contributed by atoms with E-state index in [1.165, 1.54) is 13.3 Å². The zero-order valence-corrected chi connectivity index (χ0v) is 18.0. The van der Waals surface area contributed by atoms with Crippen LogP contribution in [-0.2, 0) is 22.6 Å². The van der Waals surface area contributed by atoms with E-state index in [4.69, 9.17) is 4.74 Å². The number of nitrogens with zero attached hydrogens (tertiary/aromatic N) is 4. The van der Waals surface area contributed by atoms with Crippen LogP contribution in [0.4, 0.5) is 11.4 Å². The number of fused-ring (bicyclic) bond motifs is 2. The van der Waals surface area contributed by atoms with Gasteiger partial charge in [0.15, 0.2) is 11.9 Å². The number of carbonyl (C=O) groups is 2. The molecule has 2 amide bonds. The van der Waals surface area contributed by atoms with E-state index < -0.39 is 6.10 Å². The van der Waals surface area contributed by atoms with Crippen molar-refractivity contribution in [2.45, 2.75) is 45.3 Å². The fourth-order valence-electron chi connectivity index (χ4n) is 4.33. The van der Waals surface area contributed by atoms with Gasteiger partial charge in [-0.2, -0.15) is 0 Å². The number of anilines is 2. The molecule has 0 bridgehead atoms. The van der Waals surface area contributed by atoms with Crippen LogP contribution in [0.2, 0.25) is 0 Å². The topological polar surface area (TPSA) is 89.4 Å². The van der Waals surface area contributed by atoms with E-state index in [2.05, 4.69) is 20.1 Å². The highest BCUT2D eigenvalue weighted by Gasteiger charge is 2.32. The van der Waals surface area contributed by atoms with E-state index in [0.717, 1.165) is 43.0 Å². The SMILES string of the molecule is CC(=O)N1C[C@@H](C(=O)Nc2cccc(-c3nnc4n3CCCCC4)c2)Oc2ccccc21. The van der Waals surface area contributed by atoms with E-state index in [1.54, 1.807) is 11.0 Å². The lowest BCUT2D eigenvalue weighted by Crippen LogP contribution is -2.48. The first kappa shape index (κ1) is 20.2. The van der Waals surface area contributed by atoms with Crippen LogP contribution in [0.5, 0.6) is 5.75 Å². The lowest BCUT2D eigenvalue weighted by atomic mass is 10.1. The first-order valence-corrected chi connectivity index (χ1v) is 11.0. The molecule has 164 valence electrons. The molecule has 8 heteroatoms. The number of nitrogens with one attached hydrogen (secondary N) is 1. The summed E-state index contributed by atoms with van der Waals surface area (Å²) in [4.78, 5) is 26.7. The molecular weight excluding hydrogens is 406 g/mol. The molecule has 2 aliphatic rings. The molecule has 0 unspecified atom stereocenters. The molecule has 0 spiro atoms. The van der Waals surface area contributed by atoms with E-state index >= 15 is 0 Å². The Morgan fingerprint density at radius 1 is 1.06 bits per heavy atom. The summed E-state index contributed by atoms with van der Waals surface area (Å²) in [6, 6.07) is 14.8. The molecule has 3 aromatic rings. The summed E-state index contributed by atoms with van der Waals surface area (Å²) >= 11 is 0. The van der Waals surface area contributed by atoms with Gasteiger partial charge in [0, 0.05) is 31.1 Å². The number of ether oxygens (including phenoxy) is 1. The first-order chi connectivity index (χ1) is 15.6.